The normalized spacial score (nSPS) is 11.3. The van der Waals surface area contributed by atoms with E-state index in [1.165, 1.54) is 11.1 Å². The van der Waals surface area contributed by atoms with Crippen molar-refractivity contribution in [2.24, 2.45) is 4.99 Å². The van der Waals surface area contributed by atoms with Gasteiger partial charge in [-0.05, 0) is 25.0 Å². The van der Waals surface area contributed by atoms with E-state index in [2.05, 4.69) is 48.7 Å². The first-order valence-corrected chi connectivity index (χ1v) is 9.62. The number of aryl methyl sites for hydroxylation is 1. The number of ether oxygens (including phenoxy) is 1. The van der Waals surface area contributed by atoms with Crippen LogP contribution in [0.3, 0.4) is 0 Å². The molecule has 0 atom stereocenters. The number of benzene rings is 2. The van der Waals surface area contributed by atoms with Crippen LogP contribution in [0.2, 0.25) is 0 Å². The minimum absolute atomic E-state index is 0.00357. The highest BCUT2D eigenvalue weighted by atomic mass is 16.5. The van der Waals surface area contributed by atoms with Crippen molar-refractivity contribution in [3.8, 4) is 5.75 Å². The summed E-state index contributed by atoms with van der Waals surface area (Å²) < 4.78 is 5.61. The largest absolute Gasteiger partial charge is 0.491 e. The number of unbranched alkanes of at least 4 members (excludes halogenated alkanes) is 1. The number of aliphatic hydroxyl groups excluding tert-OH is 1. The summed E-state index contributed by atoms with van der Waals surface area (Å²) in [6.07, 6.45) is 2.23. The third kappa shape index (κ3) is 7.71. The average molecular weight is 370 g/mol. The Balaban J connectivity index is 2.01. The van der Waals surface area contributed by atoms with E-state index >= 15 is 0 Å². The SMILES string of the molecule is CCCCNC(=NCc1ccc(C)cc1)NCc1ccccc1OCCO. The fourth-order valence-corrected chi connectivity index (χ4v) is 2.55. The smallest absolute Gasteiger partial charge is 0.191 e. The maximum Gasteiger partial charge on any atom is 0.191 e. The van der Waals surface area contributed by atoms with Crippen molar-refractivity contribution in [3.63, 3.8) is 0 Å². The molecule has 0 radical (unpaired) electrons. The van der Waals surface area contributed by atoms with Gasteiger partial charge in [-0.25, -0.2) is 4.99 Å². The molecular formula is C22H31N3O2. The first-order chi connectivity index (χ1) is 13.2. The molecule has 0 spiro atoms. The van der Waals surface area contributed by atoms with E-state index in [1.54, 1.807) is 0 Å². The highest BCUT2D eigenvalue weighted by Crippen LogP contribution is 2.17. The van der Waals surface area contributed by atoms with Gasteiger partial charge in [-0.3, -0.25) is 0 Å². The first kappa shape index (κ1) is 20.8. The molecule has 146 valence electrons. The van der Waals surface area contributed by atoms with Gasteiger partial charge in [0.2, 0.25) is 0 Å². The lowest BCUT2D eigenvalue weighted by molar-refractivity contribution is 0.200. The number of hydrogen-bond donors (Lipinski definition) is 3. The average Bonchev–Trinajstić information content (AvgIpc) is 2.70. The van der Waals surface area contributed by atoms with E-state index in [0.29, 0.717) is 19.7 Å². The Hall–Kier alpha value is -2.53. The molecule has 0 aliphatic rings. The third-order valence-electron chi connectivity index (χ3n) is 4.13. The van der Waals surface area contributed by atoms with Crippen molar-refractivity contribution in [2.75, 3.05) is 19.8 Å². The number of aliphatic imine (C=N–C) groups is 1. The van der Waals surface area contributed by atoms with E-state index < -0.39 is 0 Å². The maximum atomic E-state index is 8.98. The van der Waals surface area contributed by atoms with Crippen molar-refractivity contribution in [2.45, 2.75) is 39.8 Å². The van der Waals surface area contributed by atoms with Crippen LogP contribution in [0, 0.1) is 6.92 Å². The third-order valence-corrected chi connectivity index (χ3v) is 4.13. The van der Waals surface area contributed by atoms with E-state index in [9.17, 15) is 0 Å². The van der Waals surface area contributed by atoms with E-state index in [0.717, 1.165) is 36.7 Å². The van der Waals surface area contributed by atoms with Crippen LogP contribution in [0.4, 0.5) is 0 Å². The Morgan fingerprint density at radius 1 is 1.07 bits per heavy atom. The van der Waals surface area contributed by atoms with Gasteiger partial charge in [0.15, 0.2) is 5.96 Å². The van der Waals surface area contributed by atoms with E-state index in [4.69, 9.17) is 14.8 Å². The van der Waals surface area contributed by atoms with Crippen molar-refractivity contribution in [1.82, 2.24) is 10.6 Å². The topological polar surface area (TPSA) is 65.9 Å². The molecule has 3 N–H and O–H groups in total. The first-order valence-electron chi connectivity index (χ1n) is 9.62. The van der Waals surface area contributed by atoms with Crippen LogP contribution in [0.5, 0.6) is 5.75 Å². The monoisotopic (exact) mass is 369 g/mol. The Morgan fingerprint density at radius 3 is 2.59 bits per heavy atom. The molecule has 27 heavy (non-hydrogen) atoms. The molecule has 0 saturated carbocycles. The van der Waals surface area contributed by atoms with Gasteiger partial charge in [0, 0.05) is 18.7 Å². The van der Waals surface area contributed by atoms with Gasteiger partial charge in [-0.1, -0.05) is 61.4 Å². The second-order valence-corrected chi connectivity index (χ2v) is 6.46. The molecule has 5 nitrogen and oxygen atoms in total. The van der Waals surface area contributed by atoms with Gasteiger partial charge in [0.25, 0.3) is 0 Å². The molecule has 0 aromatic heterocycles. The van der Waals surface area contributed by atoms with Crippen molar-refractivity contribution >= 4 is 5.96 Å². The lowest BCUT2D eigenvalue weighted by Crippen LogP contribution is -2.37. The number of aliphatic hydroxyl groups is 1. The van der Waals surface area contributed by atoms with Gasteiger partial charge in [-0.15, -0.1) is 0 Å². The molecule has 0 amide bonds. The molecular weight excluding hydrogens is 338 g/mol. The fraction of sp³-hybridized carbons (Fsp3) is 0.409. The molecule has 0 heterocycles. The van der Waals surface area contributed by atoms with Crippen LogP contribution < -0.4 is 15.4 Å². The summed E-state index contributed by atoms with van der Waals surface area (Å²) >= 11 is 0. The second kappa shape index (κ2) is 12.0. The highest BCUT2D eigenvalue weighted by Gasteiger charge is 2.05. The molecule has 2 rings (SSSR count). The summed E-state index contributed by atoms with van der Waals surface area (Å²) in [6.45, 7) is 6.68. The Kier molecular flexibility index (Phi) is 9.21. The van der Waals surface area contributed by atoms with Crippen LogP contribution in [0.1, 0.15) is 36.5 Å². The van der Waals surface area contributed by atoms with Gasteiger partial charge in [-0.2, -0.15) is 0 Å². The molecule has 0 aliphatic heterocycles. The summed E-state index contributed by atoms with van der Waals surface area (Å²) in [5.41, 5.74) is 3.47. The standard InChI is InChI=1S/C22H31N3O2/c1-3-4-13-23-22(24-16-19-11-9-18(2)10-12-19)25-17-20-7-5-6-8-21(20)27-15-14-26/h5-12,26H,3-4,13-17H2,1-2H3,(H2,23,24,25). The Morgan fingerprint density at radius 2 is 1.85 bits per heavy atom. The number of para-hydroxylation sites is 1. The summed E-state index contributed by atoms with van der Waals surface area (Å²) in [5, 5.41) is 15.8. The van der Waals surface area contributed by atoms with E-state index in [-0.39, 0.29) is 6.61 Å². The number of nitrogens with zero attached hydrogens (tertiary/aromatic N) is 1. The number of nitrogens with one attached hydrogen (secondary N) is 2. The molecule has 0 fully saturated rings. The molecule has 5 heteroatoms. The van der Waals surface area contributed by atoms with Gasteiger partial charge < -0.3 is 20.5 Å². The predicted molar refractivity (Wildman–Crippen MR) is 111 cm³/mol. The van der Waals surface area contributed by atoms with Crippen LogP contribution in [-0.2, 0) is 13.1 Å². The minimum atomic E-state index is 0.00357. The Labute approximate surface area is 162 Å². The zero-order chi connectivity index (χ0) is 19.3. The van der Waals surface area contributed by atoms with Crippen LogP contribution >= 0.6 is 0 Å². The van der Waals surface area contributed by atoms with Crippen molar-refractivity contribution in [3.05, 3.63) is 65.2 Å². The molecule has 0 unspecified atom stereocenters. The Bertz CT molecular complexity index is 699. The fourth-order valence-electron chi connectivity index (χ4n) is 2.55. The van der Waals surface area contributed by atoms with Crippen molar-refractivity contribution < 1.29 is 9.84 Å². The van der Waals surface area contributed by atoms with Crippen LogP contribution in [0.15, 0.2) is 53.5 Å². The molecule has 2 aromatic rings. The lowest BCUT2D eigenvalue weighted by Gasteiger charge is -2.15. The number of guanidine groups is 1. The minimum Gasteiger partial charge on any atom is -0.491 e. The zero-order valence-electron chi connectivity index (χ0n) is 16.4. The lowest BCUT2D eigenvalue weighted by atomic mass is 10.1. The summed E-state index contributed by atoms with van der Waals surface area (Å²) in [6, 6.07) is 16.3. The maximum absolute atomic E-state index is 8.98. The zero-order valence-corrected chi connectivity index (χ0v) is 16.4. The van der Waals surface area contributed by atoms with Gasteiger partial charge in [0.1, 0.15) is 12.4 Å². The van der Waals surface area contributed by atoms with Gasteiger partial charge >= 0.3 is 0 Å². The van der Waals surface area contributed by atoms with E-state index in [1.807, 2.05) is 24.3 Å². The predicted octanol–water partition coefficient (Wildman–Crippen LogP) is 3.40. The summed E-state index contributed by atoms with van der Waals surface area (Å²) in [4.78, 5) is 4.72. The van der Waals surface area contributed by atoms with Crippen LogP contribution in [-0.4, -0.2) is 30.8 Å². The molecule has 0 aliphatic carbocycles. The molecule has 0 bridgehead atoms. The molecule has 0 saturated heterocycles. The number of hydrogen-bond acceptors (Lipinski definition) is 3. The van der Waals surface area contributed by atoms with Crippen LogP contribution in [0.25, 0.3) is 0 Å². The summed E-state index contributed by atoms with van der Waals surface area (Å²) in [5.74, 6) is 1.58. The second-order valence-electron chi connectivity index (χ2n) is 6.46. The number of rotatable bonds is 10. The highest BCUT2D eigenvalue weighted by molar-refractivity contribution is 5.79. The quantitative estimate of drug-likeness (QED) is 0.341. The van der Waals surface area contributed by atoms with Gasteiger partial charge in [0.05, 0.1) is 13.2 Å². The van der Waals surface area contributed by atoms with Crippen molar-refractivity contribution in [1.29, 1.82) is 0 Å². The summed E-state index contributed by atoms with van der Waals surface area (Å²) in [7, 11) is 0. The molecule has 2 aromatic carbocycles.